The highest BCUT2D eigenvalue weighted by atomic mass is 16.2. The number of hydrogen-bond acceptors (Lipinski definition) is 2. The molecule has 0 rings (SSSR count). The van der Waals surface area contributed by atoms with Gasteiger partial charge in [-0.1, -0.05) is 0 Å². The van der Waals surface area contributed by atoms with Crippen LogP contribution in [0.4, 0.5) is 0 Å². The quantitative estimate of drug-likeness (QED) is 0.548. The van der Waals surface area contributed by atoms with Crippen LogP contribution in [0, 0.1) is 0 Å². The summed E-state index contributed by atoms with van der Waals surface area (Å²) in [6.45, 7) is 1.83. The lowest BCUT2D eigenvalue weighted by atomic mass is 10.4. The standard InChI is InChI=1S/C6H12N2O2/c1-5(9)8-4-3-6(10)7-2/h3-4H2,1-2H3,(H,7,10)(H,8,9). The summed E-state index contributed by atoms with van der Waals surface area (Å²) in [6, 6.07) is 0. The van der Waals surface area contributed by atoms with Gasteiger partial charge in [0, 0.05) is 26.9 Å². The summed E-state index contributed by atoms with van der Waals surface area (Å²) in [5.41, 5.74) is 0. The minimum atomic E-state index is -0.107. The third kappa shape index (κ3) is 5.08. The van der Waals surface area contributed by atoms with Crippen LogP contribution in [0.5, 0.6) is 0 Å². The SMILES string of the molecule is CNC(=O)CCNC(C)=O. The van der Waals surface area contributed by atoms with Crippen LogP contribution in [0.25, 0.3) is 0 Å². The number of carbonyl (C=O) groups excluding carboxylic acids is 2. The zero-order chi connectivity index (χ0) is 7.98. The van der Waals surface area contributed by atoms with E-state index in [1.807, 2.05) is 0 Å². The molecular weight excluding hydrogens is 132 g/mol. The lowest BCUT2D eigenvalue weighted by Crippen LogP contribution is -2.27. The van der Waals surface area contributed by atoms with E-state index in [9.17, 15) is 9.59 Å². The molecule has 0 aliphatic heterocycles. The lowest BCUT2D eigenvalue weighted by molar-refractivity contribution is -0.121. The monoisotopic (exact) mass is 144 g/mol. The van der Waals surface area contributed by atoms with Crippen molar-refractivity contribution in [3.63, 3.8) is 0 Å². The van der Waals surface area contributed by atoms with Crippen molar-refractivity contribution in [2.45, 2.75) is 13.3 Å². The molecule has 58 valence electrons. The Kier molecular flexibility index (Phi) is 4.28. The van der Waals surface area contributed by atoms with Gasteiger partial charge in [0.25, 0.3) is 0 Å². The van der Waals surface area contributed by atoms with Crippen molar-refractivity contribution in [3.8, 4) is 0 Å². The van der Waals surface area contributed by atoms with E-state index in [4.69, 9.17) is 0 Å². The average Bonchev–Trinajstić information content (AvgIpc) is 1.87. The number of amides is 2. The topological polar surface area (TPSA) is 58.2 Å². The smallest absolute Gasteiger partial charge is 0.221 e. The molecule has 2 N–H and O–H groups in total. The first kappa shape index (κ1) is 8.94. The molecule has 10 heavy (non-hydrogen) atoms. The van der Waals surface area contributed by atoms with Crippen molar-refractivity contribution >= 4 is 11.8 Å². The van der Waals surface area contributed by atoms with Gasteiger partial charge in [0.15, 0.2) is 0 Å². The summed E-state index contributed by atoms with van der Waals surface area (Å²) in [6.07, 6.45) is 0.343. The van der Waals surface area contributed by atoms with E-state index in [1.54, 1.807) is 7.05 Å². The van der Waals surface area contributed by atoms with Gasteiger partial charge in [-0.05, 0) is 0 Å². The van der Waals surface area contributed by atoms with Crippen LogP contribution in [0.3, 0.4) is 0 Å². The van der Waals surface area contributed by atoms with E-state index < -0.39 is 0 Å². The van der Waals surface area contributed by atoms with E-state index in [2.05, 4.69) is 10.6 Å². The van der Waals surface area contributed by atoms with Crippen molar-refractivity contribution in [2.75, 3.05) is 13.6 Å². The number of rotatable bonds is 3. The number of carbonyl (C=O) groups is 2. The van der Waals surface area contributed by atoms with Crippen LogP contribution < -0.4 is 10.6 Å². The molecule has 0 aromatic rings. The molecule has 0 bridgehead atoms. The molecule has 4 heteroatoms. The maximum Gasteiger partial charge on any atom is 0.221 e. The summed E-state index contributed by atoms with van der Waals surface area (Å²) in [5.74, 6) is -0.169. The fourth-order valence-corrected chi connectivity index (χ4v) is 0.477. The van der Waals surface area contributed by atoms with Crippen LogP contribution in [0.15, 0.2) is 0 Å². The summed E-state index contributed by atoms with van der Waals surface area (Å²) in [4.78, 5) is 20.8. The fourth-order valence-electron chi connectivity index (χ4n) is 0.477. The van der Waals surface area contributed by atoms with Crippen molar-refractivity contribution in [1.29, 1.82) is 0 Å². The maximum absolute atomic E-state index is 10.5. The van der Waals surface area contributed by atoms with E-state index >= 15 is 0 Å². The molecule has 0 aliphatic rings. The molecule has 0 fully saturated rings. The van der Waals surface area contributed by atoms with E-state index in [1.165, 1.54) is 6.92 Å². The van der Waals surface area contributed by atoms with Gasteiger partial charge in [-0.25, -0.2) is 0 Å². The van der Waals surface area contributed by atoms with Gasteiger partial charge in [-0.3, -0.25) is 9.59 Å². The molecule has 0 spiro atoms. The van der Waals surface area contributed by atoms with Crippen LogP contribution in [-0.2, 0) is 9.59 Å². The molecule has 4 nitrogen and oxygen atoms in total. The Labute approximate surface area is 60.0 Å². The normalized spacial score (nSPS) is 8.60. The van der Waals surface area contributed by atoms with E-state index in [0.29, 0.717) is 13.0 Å². The van der Waals surface area contributed by atoms with Gasteiger partial charge >= 0.3 is 0 Å². The zero-order valence-electron chi connectivity index (χ0n) is 6.23. The average molecular weight is 144 g/mol. The number of nitrogens with one attached hydrogen (secondary N) is 2. The first-order chi connectivity index (χ1) is 4.66. The fraction of sp³-hybridized carbons (Fsp3) is 0.667. The largest absolute Gasteiger partial charge is 0.359 e. The molecule has 0 aliphatic carbocycles. The molecule has 0 atom stereocenters. The summed E-state index contributed by atoms with van der Waals surface area (Å²) >= 11 is 0. The second-order valence-electron chi connectivity index (χ2n) is 1.91. The Morgan fingerprint density at radius 1 is 1.40 bits per heavy atom. The molecule has 0 aromatic carbocycles. The molecular formula is C6H12N2O2. The Morgan fingerprint density at radius 2 is 2.00 bits per heavy atom. The van der Waals surface area contributed by atoms with Crippen LogP contribution in [0.2, 0.25) is 0 Å². The molecule has 0 saturated heterocycles. The highest BCUT2D eigenvalue weighted by Crippen LogP contribution is 1.74. The number of hydrogen-bond donors (Lipinski definition) is 2. The van der Waals surface area contributed by atoms with Gasteiger partial charge in [0.05, 0.1) is 0 Å². The lowest BCUT2D eigenvalue weighted by Gasteiger charge is -1.99. The molecule has 0 saturated carbocycles. The highest BCUT2D eigenvalue weighted by Gasteiger charge is 1.96. The molecule has 0 radical (unpaired) electrons. The first-order valence-corrected chi connectivity index (χ1v) is 3.12. The van der Waals surface area contributed by atoms with Gasteiger partial charge in [-0.15, -0.1) is 0 Å². The summed E-state index contributed by atoms with van der Waals surface area (Å²) in [5, 5.41) is 4.96. The maximum atomic E-state index is 10.5. The van der Waals surface area contributed by atoms with Crippen LogP contribution in [0.1, 0.15) is 13.3 Å². The predicted molar refractivity (Wildman–Crippen MR) is 37.4 cm³/mol. The summed E-state index contributed by atoms with van der Waals surface area (Å²) < 4.78 is 0. The third-order valence-corrected chi connectivity index (χ3v) is 1.00. The van der Waals surface area contributed by atoms with Gasteiger partial charge < -0.3 is 10.6 Å². The minimum absolute atomic E-state index is 0.0613. The predicted octanol–water partition coefficient (Wildman–Crippen LogP) is -0.741. The van der Waals surface area contributed by atoms with Crippen molar-refractivity contribution in [2.24, 2.45) is 0 Å². The van der Waals surface area contributed by atoms with Crippen molar-refractivity contribution in [3.05, 3.63) is 0 Å². The van der Waals surface area contributed by atoms with Crippen molar-refractivity contribution in [1.82, 2.24) is 10.6 Å². The Bertz CT molecular complexity index is 134. The Morgan fingerprint density at radius 3 is 2.40 bits per heavy atom. The minimum Gasteiger partial charge on any atom is -0.359 e. The van der Waals surface area contributed by atoms with Crippen molar-refractivity contribution < 1.29 is 9.59 Å². The molecule has 2 amide bonds. The Balaban J connectivity index is 3.20. The van der Waals surface area contributed by atoms with Gasteiger partial charge in [0.2, 0.25) is 11.8 Å². The van der Waals surface area contributed by atoms with E-state index in [0.717, 1.165) is 0 Å². The summed E-state index contributed by atoms with van der Waals surface area (Å²) in [7, 11) is 1.57. The molecule has 0 aromatic heterocycles. The third-order valence-electron chi connectivity index (χ3n) is 1.00. The molecule has 0 unspecified atom stereocenters. The van der Waals surface area contributed by atoms with Gasteiger partial charge in [-0.2, -0.15) is 0 Å². The second-order valence-corrected chi connectivity index (χ2v) is 1.91. The van der Waals surface area contributed by atoms with Crippen LogP contribution in [-0.4, -0.2) is 25.4 Å². The Hall–Kier alpha value is -1.06. The van der Waals surface area contributed by atoms with Crippen LogP contribution >= 0.6 is 0 Å². The van der Waals surface area contributed by atoms with Gasteiger partial charge in [0.1, 0.15) is 0 Å². The first-order valence-electron chi connectivity index (χ1n) is 3.12. The second kappa shape index (κ2) is 4.78. The highest BCUT2D eigenvalue weighted by molar-refractivity contribution is 5.77. The zero-order valence-corrected chi connectivity index (χ0v) is 6.23. The van der Waals surface area contributed by atoms with E-state index in [-0.39, 0.29) is 11.8 Å². The molecule has 0 heterocycles.